The van der Waals surface area contributed by atoms with Crippen molar-refractivity contribution in [3.05, 3.63) is 89.5 Å². The molecule has 8 nitrogen and oxygen atoms in total. The van der Waals surface area contributed by atoms with Gasteiger partial charge in [0.2, 0.25) is 11.7 Å². The van der Waals surface area contributed by atoms with E-state index < -0.39 is 0 Å². The summed E-state index contributed by atoms with van der Waals surface area (Å²) in [4.78, 5) is 30.6. The Morgan fingerprint density at radius 2 is 1.55 bits per heavy atom. The minimum Gasteiger partial charge on any atom is -0.493 e. The molecule has 5 rings (SSSR count). The van der Waals surface area contributed by atoms with E-state index in [1.807, 2.05) is 29.2 Å². The third-order valence-corrected chi connectivity index (χ3v) is 9.14. The molecule has 2 amide bonds. The number of amides is 2. The van der Waals surface area contributed by atoms with Gasteiger partial charge in [-0.25, -0.2) is 0 Å². The summed E-state index contributed by atoms with van der Waals surface area (Å²) >= 11 is 0. The van der Waals surface area contributed by atoms with E-state index in [0.717, 1.165) is 44.5 Å². The number of nitrogens with two attached hydrogens (primary N) is 1. The van der Waals surface area contributed by atoms with Crippen molar-refractivity contribution in [3.63, 3.8) is 0 Å². The first-order valence-corrected chi connectivity index (χ1v) is 14.6. The first-order chi connectivity index (χ1) is 20.4. The fraction of sp³-hybridized carbons (Fsp3) is 0.412. The molecule has 3 unspecified atom stereocenters. The zero-order chi connectivity index (χ0) is 29.7. The SMILES string of the molecule is COc1cc(C(=O)N2CCC(CCN3CCC(C(N)=O)C(c4ccccc4)C3)(c3ccccc3)C2)cc(OC)c1OC. The highest BCUT2D eigenvalue weighted by Gasteiger charge is 2.42. The number of primary amides is 1. The number of ether oxygens (including phenoxy) is 3. The molecule has 0 aliphatic carbocycles. The lowest BCUT2D eigenvalue weighted by atomic mass is 9.76. The Morgan fingerprint density at radius 3 is 2.14 bits per heavy atom. The Bertz CT molecular complexity index is 1360. The molecule has 2 fully saturated rings. The van der Waals surface area contributed by atoms with E-state index in [-0.39, 0.29) is 29.1 Å². The number of methoxy groups -OCH3 is 3. The van der Waals surface area contributed by atoms with Crippen LogP contribution >= 0.6 is 0 Å². The van der Waals surface area contributed by atoms with E-state index in [2.05, 4.69) is 41.3 Å². The van der Waals surface area contributed by atoms with Gasteiger partial charge in [-0.1, -0.05) is 60.7 Å². The summed E-state index contributed by atoms with van der Waals surface area (Å²) in [7, 11) is 4.65. The fourth-order valence-corrected chi connectivity index (χ4v) is 6.78. The van der Waals surface area contributed by atoms with E-state index in [1.165, 1.54) is 5.56 Å². The largest absolute Gasteiger partial charge is 0.493 e. The summed E-state index contributed by atoms with van der Waals surface area (Å²) in [5, 5.41) is 0. The molecule has 3 aromatic carbocycles. The van der Waals surface area contributed by atoms with Gasteiger partial charge in [0, 0.05) is 42.4 Å². The maximum atomic E-state index is 13.8. The van der Waals surface area contributed by atoms with Gasteiger partial charge in [-0.05, 0) is 55.6 Å². The van der Waals surface area contributed by atoms with Gasteiger partial charge in [-0.3, -0.25) is 9.59 Å². The highest BCUT2D eigenvalue weighted by atomic mass is 16.5. The number of rotatable bonds is 10. The van der Waals surface area contributed by atoms with Gasteiger partial charge in [0.05, 0.1) is 21.3 Å². The minimum absolute atomic E-state index is 0.0570. The number of carbonyl (C=O) groups excluding carboxylic acids is 2. The second-order valence-corrected chi connectivity index (χ2v) is 11.4. The standard InChI is InChI=1S/C34H41N3O5/c1-40-29-20-25(21-30(41-2)31(29)42-3)33(39)37-19-16-34(23-37,26-12-8-5-9-13-26)15-18-36-17-14-27(32(35)38)28(22-36)24-10-6-4-7-11-24/h4-13,20-21,27-28H,14-19,22-23H2,1-3H3,(H2,35,38). The van der Waals surface area contributed by atoms with Crippen molar-refractivity contribution in [1.29, 1.82) is 0 Å². The molecule has 2 N–H and O–H groups in total. The molecule has 8 heteroatoms. The smallest absolute Gasteiger partial charge is 0.254 e. The molecule has 222 valence electrons. The van der Waals surface area contributed by atoms with Crippen molar-refractivity contribution in [1.82, 2.24) is 9.80 Å². The molecule has 2 heterocycles. The van der Waals surface area contributed by atoms with Crippen LogP contribution in [0.1, 0.15) is 46.7 Å². The summed E-state index contributed by atoms with van der Waals surface area (Å²) in [5.41, 5.74) is 8.57. The predicted octanol–water partition coefficient (Wildman–Crippen LogP) is 4.48. The van der Waals surface area contributed by atoms with Crippen molar-refractivity contribution in [2.75, 3.05) is 54.1 Å². The average molecular weight is 572 g/mol. The van der Waals surface area contributed by atoms with Gasteiger partial charge < -0.3 is 29.7 Å². The first kappa shape index (κ1) is 29.5. The molecular weight excluding hydrogens is 530 g/mol. The lowest BCUT2D eigenvalue weighted by molar-refractivity contribution is -0.124. The lowest BCUT2D eigenvalue weighted by Gasteiger charge is -2.39. The molecule has 2 aliphatic heterocycles. The van der Waals surface area contributed by atoms with Crippen LogP contribution < -0.4 is 19.9 Å². The van der Waals surface area contributed by atoms with Crippen molar-refractivity contribution in [2.24, 2.45) is 11.7 Å². The van der Waals surface area contributed by atoms with Crippen LogP contribution in [-0.4, -0.2) is 75.7 Å². The highest BCUT2D eigenvalue weighted by molar-refractivity contribution is 5.96. The number of carbonyl (C=O) groups is 2. The van der Waals surface area contributed by atoms with Gasteiger partial charge in [0.25, 0.3) is 5.91 Å². The van der Waals surface area contributed by atoms with Gasteiger partial charge in [-0.2, -0.15) is 0 Å². The molecule has 0 aromatic heterocycles. The number of piperidine rings is 1. The van der Waals surface area contributed by atoms with E-state index in [0.29, 0.717) is 35.9 Å². The summed E-state index contributed by atoms with van der Waals surface area (Å²) in [6.45, 7) is 3.76. The average Bonchev–Trinajstić information content (AvgIpc) is 3.49. The number of benzene rings is 3. The Morgan fingerprint density at radius 1 is 0.905 bits per heavy atom. The van der Waals surface area contributed by atoms with Gasteiger partial charge in [0.15, 0.2) is 11.5 Å². The molecular formula is C34H41N3O5. The molecule has 3 aromatic rings. The van der Waals surface area contributed by atoms with E-state index in [9.17, 15) is 9.59 Å². The molecule has 2 aliphatic rings. The maximum Gasteiger partial charge on any atom is 0.254 e. The second-order valence-electron chi connectivity index (χ2n) is 11.4. The predicted molar refractivity (Wildman–Crippen MR) is 162 cm³/mol. The summed E-state index contributed by atoms with van der Waals surface area (Å²) in [6, 6.07) is 24.2. The van der Waals surface area contributed by atoms with Crippen molar-refractivity contribution in [2.45, 2.75) is 30.6 Å². The molecule has 3 atom stereocenters. The third kappa shape index (κ3) is 5.95. The summed E-state index contributed by atoms with van der Waals surface area (Å²) in [5.74, 6) is 1.02. The number of hydrogen-bond donors (Lipinski definition) is 1. The maximum absolute atomic E-state index is 13.8. The quantitative estimate of drug-likeness (QED) is 0.386. The second kappa shape index (κ2) is 12.9. The third-order valence-electron chi connectivity index (χ3n) is 9.14. The Kier molecular flexibility index (Phi) is 9.02. The van der Waals surface area contributed by atoms with Crippen LogP contribution in [0.25, 0.3) is 0 Å². The van der Waals surface area contributed by atoms with Crippen LogP contribution in [0, 0.1) is 5.92 Å². The Balaban J connectivity index is 1.36. The van der Waals surface area contributed by atoms with Crippen LogP contribution in [0.3, 0.4) is 0 Å². The van der Waals surface area contributed by atoms with Crippen LogP contribution in [0.2, 0.25) is 0 Å². The van der Waals surface area contributed by atoms with Crippen LogP contribution in [0.5, 0.6) is 17.2 Å². The summed E-state index contributed by atoms with van der Waals surface area (Å²) < 4.78 is 16.5. The fourth-order valence-electron chi connectivity index (χ4n) is 6.78. The van der Waals surface area contributed by atoms with Gasteiger partial charge in [0.1, 0.15) is 0 Å². The zero-order valence-electron chi connectivity index (χ0n) is 24.8. The van der Waals surface area contributed by atoms with Gasteiger partial charge in [-0.15, -0.1) is 0 Å². The van der Waals surface area contributed by atoms with E-state index in [4.69, 9.17) is 19.9 Å². The molecule has 0 spiro atoms. The topological polar surface area (TPSA) is 94.3 Å². The van der Waals surface area contributed by atoms with Gasteiger partial charge >= 0.3 is 0 Å². The molecule has 0 radical (unpaired) electrons. The van der Waals surface area contributed by atoms with Crippen LogP contribution in [0.15, 0.2) is 72.8 Å². The van der Waals surface area contributed by atoms with Crippen molar-refractivity contribution in [3.8, 4) is 17.2 Å². The molecule has 2 saturated heterocycles. The first-order valence-electron chi connectivity index (χ1n) is 14.6. The molecule has 0 saturated carbocycles. The lowest BCUT2D eigenvalue weighted by Crippen LogP contribution is -2.45. The van der Waals surface area contributed by atoms with E-state index >= 15 is 0 Å². The molecule has 42 heavy (non-hydrogen) atoms. The minimum atomic E-state index is -0.221. The van der Waals surface area contributed by atoms with Crippen molar-refractivity contribution >= 4 is 11.8 Å². The number of nitrogens with zero attached hydrogens (tertiary/aromatic N) is 2. The Hall–Kier alpha value is -4.04. The van der Waals surface area contributed by atoms with Crippen LogP contribution in [-0.2, 0) is 10.2 Å². The number of likely N-dealkylation sites (tertiary alicyclic amines) is 2. The highest BCUT2D eigenvalue weighted by Crippen LogP contribution is 2.42. The summed E-state index contributed by atoms with van der Waals surface area (Å²) in [6.07, 6.45) is 2.52. The number of hydrogen-bond acceptors (Lipinski definition) is 6. The zero-order valence-corrected chi connectivity index (χ0v) is 24.8. The van der Waals surface area contributed by atoms with E-state index in [1.54, 1.807) is 33.5 Å². The van der Waals surface area contributed by atoms with Crippen LogP contribution in [0.4, 0.5) is 0 Å². The van der Waals surface area contributed by atoms with Crippen molar-refractivity contribution < 1.29 is 23.8 Å². The monoisotopic (exact) mass is 571 g/mol. The molecule has 0 bridgehead atoms. The Labute approximate surface area is 248 Å². The normalized spacial score (nSPS) is 22.5.